The molecule has 1 aromatic carbocycles. The molecule has 110 valence electrons. The first-order valence-electron chi connectivity index (χ1n) is 7.64. The molecule has 1 fully saturated rings. The van der Waals surface area contributed by atoms with Crippen molar-refractivity contribution in [1.82, 2.24) is 5.32 Å². The van der Waals surface area contributed by atoms with E-state index in [-0.39, 0.29) is 17.9 Å². The van der Waals surface area contributed by atoms with Gasteiger partial charge < -0.3 is 10.4 Å². The number of nitrogens with one attached hydrogen (secondary N) is 1. The summed E-state index contributed by atoms with van der Waals surface area (Å²) < 4.78 is 0. The van der Waals surface area contributed by atoms with Crippen molar-refractivity contribution >= 4 is 5.91 Å². The van der Waals surface area contributed by atoms with Crippen molar-refractivity contribution in [3.05, 3.63) is 35.4 Å². The number of benzene rings is 1. The van der Waals surface area contributed by atoms with Gasteiger partial charge in [-0.1, -0.05) is 36.8 Å². The number of aliphatic hydroxyl groups is 1. The Bertz CT molecular complexity index is 441. The smallest absolute Gasteiger partial charge is 0.225 e. The number of carbonyl (C=O) groups excluding carboxylic acids is 1. The van der Waals surface area contributed by atoms with Crippen LogP contribution in [-0.4, -0.2) is 23.2 Å². The summed E-state index contributed by atoms with van der Waals surface area (Å²) in [6.45, 7) is 4.16. The highest BCUT2D eigenvalue weighted by Gasteiger charge is 2.32. The van der Waals surface area contributed by atoms with Gasteiger partial charge >= 0.3 is 0 Å². The van der Waals surface area contributed by atoms with Crippen LogP contribution in [-0.2, 0) is 11.2 Å². The third-order valence-electron chi connectivity index (χ3n) is 4.26. The molecule has 2 rings (SSSR count). The van der Waals surface area contributed by atoms with Gasteiger partial charge in [-0.3, -0.25) is 4.79 Å². The minimum absolute atomic E-state index is 0.0222. The van der Waals surface area contributed by atoms with Gasteiger partial charge in [0.15, 0.2) is 0 Å². The molecule has 1 aliphatic carbocycles. The molecule has 0 spiro atoms. The zero-order chi connectivity index (χ0) is 14.5. The van der Waals surface area contributed by atoms with Crippen LogP contribution in [0.25, 0.3) is 0 Å². The van der Waals surface area contributed by atoms with Crippen LogP contribution < -0.4 is 5.32 Å². The Morgan fingerprint density at radius 1 is 1.35 bits per heavy atom. The number of rotatable bonds is 5. The van der Waals surface area contributed by atoms with E-state index in [1.165, 1.54) is 11.1 Å². The molecular weight excluding hydrogens is 250 g/mol. The second-order valence-corrected chi connectivity index (χ2v) is 5.91. The van der Waals surface area contributed by atoms with Crippen LogP contribution in [0, 0.1) is 12.8 Å². The van der Waals surface area contributed by atoms with Gasteiger partial charge in [0.2, 0.25) is 5.91 Å². The van der Waals surface area contributed by atoms with E-state index in [9.17, 15) is 9.90 Å². The van der Waals surface area contributed by atoms with Gasteiger partial charge in [0.25, 0.3) is 0 Å². The van der Waals surface area contributed by atoms with Crippen molar-refractivity contribution in [1.29, 1.82) is 0 Å². The van der Waals surface area contributed by atoms with Crippen LogP contribution in [0.1, 0.15) is 43.7 Å². The fraction of sp³-hybridized carbons (Fsp3) is 0.588. The lowest BCUT2D eigenvalue weighted by molar-refractivity contribution is -0.128. The monoisotopic (exact) mass is 275 g/mol. The van der Waals surface area contributed by atoms with E-state index in [2.05, 4.69) is 43.4 Å². The summed E-state index contributed by atoms with van der Waals surface area (Å²) in [4.78, 5) is 12.2. The lowest BCUT2D eigenvalue weighted by Crippen LogP contribution is -2.42. The van der Waals surface area contributed by atoms with Crippen LogP contribution in [0.4, 0.5) is 0 Å². The van der Waals surface area contributed by atoms with Gasteiger partial charge in [-0.05, 0) is 44.6 Å². The molecular formula is C17H25NO2. The predicted molar refractivity (Wildman–Crippen MR) is 80.5 cm³/mol. The maximum Gasteiger partial charge on any atom is 0.225 e. The molecule has 3 atom stereocenters. The maximum atomic E-state index is 12.2. The van der Waals surface area contributed by atoms with Crippen molar-refractivity contribution < 1.29 is 9.90 Å². The SMILES string of the molecule is CCC(Cc1ccc(C)cc1)NC(=O)C1CCCC1O. The molecule has 0 radical (unpaired) electrons. The number of hydrogen-bond acceptors (Lipinski definition) is 2. The molecule has 1 aliphatic rings. The predicted octanol–water partition coefficient (Wildman–Crippen LogP) is 2.59. The van der Waals surface area contributed by atoms with Gasteiger partial charge in [-0.2, -0.15) is 0 Å². The fourth-order valence-electron chi connectivity index (χ4n) is 2.86. The quantitative estimate of drug-likeness (QED) is 0.868. The van der Waals surface area contributed by atoms with Crippen molar-refractivity contribution in [2.24, 2.45) is 5.92 Å². The second-order valence-electron chi connectivity index (χ2n) is 5.91. The first-order chi connectivity index (χ1) is 9.60. The van der Waals surface area contributed by atoms with Gasteiger partial charge in [-0.25, -0.2) is 0 Å². The van der Waals surface area contributed by atoms with Gasteiger partial charge in [0, 0.05) is 6.04 Å². The van der Waals surface area contributed by atoms with Crippen LogP contribution in [0.15, 0.2) is 24.3 Å². The number of aryl methyl sites for hydroxylation is 1. The van der Waals surface area contributed by atoms with Crippen molar-refractivity contribution in [2.75, 3.05) is 0 Å². The highest BCUT2D eigenvalue weighted by molar-refractivity contribution is 5.79. The number of amides is 1. The standard InChI is InChI=1S/C17H25NO2/c1-3-14(11-13-9-7-12(2)8-10-13)18-17(20)15-5-4-6-16(15)19/h7-10,14-16,19H,3-6,11H2,1-2H3,(H,18,20). The molecule has 0 saturated heterocycles. The van der Waals surface area contributed by atoms with Crippen LogP contribution >= 0.6 is 0 Å². The van der Waals surface area contributed by atoms with Crippen LogP contribution in [0.5, 0.6) is 0 Å². The molecule has 2 N–H and O–H groups in total. The van der Waals surface area contributed by atoms with E-state index < -0.39 is 6.10 Å². The second kappa shape index (κ2) is 6.89. The molecule has 3 unspecified atom stereocenters. The van der Waals surface area contributed by atoms with Crippen molar-refractivity contribution in [2.45, 2.75) is 58.1 Å². The fourth-order valence-corrected chi connectivity index (χ4v) is 2.86. The van der Waals surface area contributed by atoms with E-state index in [0.29, 0.717) is 0 Å². The average molecular weight is 275 g/mol. The highest BCUT2D eigenvalue weighted by atomic mass is 16.3. The Kier molecular flexibility index (Phi) is 5.18. The minimum Gasteiger partial charge on any atom is -0.392 e. The Morgan fingerprint density at radius 2 is 2.05 bits per heavy atom. The highest BCUT2D eigenvalue weighted by Crippen LogP contribution is 2.25. The summed E-state index contributed by atoms with van der Waals surface area (Å²) in [5.41, 5.74) is 2.50. The third-order valence-corrected chi connectivity index (χ3v) is 4.26. The van der Waals surface area contributed by atoms with E-state index in [1.807, 2.05) is 0 Å². The Labute approximate surface area is 121 Å². The zero-order valence-corrected chi connectivity index (χ0v) is 12.4. The molecule has 0 aliphatic heterocycles. The zero-order valence-electron chi connectivity index (χ0n) is 12.4. The molecule has 3 heteroatoms. The summed E-state index contributed by atoms with van der Waals surface area (Å²) in [6, 6.07) is 8.59. The lowest BCUT2D eigenvalue weighted by Gasteiger charge is -2.21. The van der Waals surface area contributed by atoms with Gasteiger partial charge in [0.05, 0.1) is 12.0 Å². The first-order valence-corrected chi connectivity index (χ1v) is 7.64. The van der Waals surface area contributed by atoms with Crippen LogP contribution in [0.3, 0.4) is 0 Å². The summed E-state index contributed by atoms with van der Waals surface area (Å²) >= 11 is 0. The Morgan fingerprint density at radius 3 is 2.60 bits per heavy atom. The molecule has 1 saturated carbocycles. The molecule has 1 aromatic rings. The molecule has 3 nitrogen and oxygen atoms in total. The molecule has 0 aromatic heterocycles. The Balaban J connectivity index is 1.91. The van der Waals surface area contributed by atoms with Crippen molar-refractivity contribution in [3.8, 4) is 0 Å². The van der Waals surface area contributed by atoms with Gasteiger partial charge in [0.1, 0.15) is 0 Å². The van der Waals surface area contributed by atoms with Crippen LogP contribution in [0.2, 0.25) is 0 Å². The number of aliphatic hydroxyl groups excluding tert-OH is 1. The summed E-state index contributed by atoms with van der Waals surface area (Å²) in [5, 5.41) is 12.9. The van der Waals surface area contributed by atoms with E-state index >= 15 is 0 Å². The molecule has 20 heavy (non-hydrogen) atoms. The topological polar surface area (TPSA) is 49.3 Å². The molecule has 1 amide bonds. The molecule has 0 bridgehead atoms. The summed E-state index contributed by atoms with van der Waals surface area (Å²) in [7, 11) is 0. The van der Waals surface area contributed by atoms with Crippen molar-refractivity contribution in [3.63, 3.8) is 0 Å². The summed E-state index contributed by atoms with van der Waals surface area (Å²) in [6.07, 6.45) is 3.83. The lowest BCUT2D eigenvalue weighted by atomic mass is 10.0. The van der Waals surface area contributed by atoms with Gasteiger partial charge in [-0.15, -0.1) is 0 Å². The summed E-state index contributed by atoms with van der Waals surface area (Å²) in [5.74, 6) is -0.184. The first kappa shape index (κ1) is 15.0. The third kappa shape index (κ3) is 3.83. The van der Waals surface area contributed by atoms with E-state index in [1.54, 1.807) is 0 Å². The van der Waals surface area contributed by atoms with E-state index in [0.717, 1.165) is 32.1 Å². The molecule has 0 heterocycles. The largest absolute Gasteiger partial charge is 0.392 e. The normalized spacial score (nSPS) is 23.6. The number of carbonyl (C=O) groups is 1. The average Bonchev–Trinajstić information content (AvgIpc) is 2.86. The minimum atomic E-state index is -0.452. The number of hydrogen-bond donors (Lipinski definition) is 2. The van der Waals surface area contributed by atoms with E-state index in [4.69, 9.17) is 0 Å². The maximum absolute atomic E-state index is 12.2. The Hall–Kier alpha value is -1.35.